The number of carboxylic acid groups (broad SMARTS) is 1. The molecule has 2 aromatic carbocycles. The molecule has 0 aliphatic rings. The van der Waals surface area contributed by atoms with Crippen LogP contribution < -0.4 is 20.0 Å². The molecular formula is C17H10BrO6-. The van der Waals surface area contributed by atoms with E-state index >= 15 is 0 Å². The van der Waals surface area contributed by atoms with E-state index in [-0.39, 0.29) is 22.5 Å². The Hall–Kier alpha value is -2.80. The summed E-state index contributed by atoms with van der Waals surface area (Å²) in [6.07, 6.45) is 1.20. The van der Waals surface area contributed by atoms with Crippen molar-refractivity contribution in [3.05, 3.63) is 63.4 Å². The molecule has 0 aliphatic carbocycles. The smallest absolute Gasteiger partial charge is 0.235 e. The predicted molar refractivity (Wildman–Crippen MR) is 87.2 cm³/mol. The number of benzene rings is 2. The van der Waals surface area contributed by atoms with Crippen LogP contribution in [-0.4, -0.2) is 12.6 Å². The number of ether oxygens (including phenoxy) is 2. The molecule has 6 nitrogen and oxygen atoms in total. The predicted octanol–water partition coefficient (Wildman–Crippen LogP) is 2.48. The molecule has 0 aliphatic heterocycles. The Balaban J connectivity index is 1.93. The van der Waals surface area contributed by atoms with Crippen LogP contribution in [0.3, 0.4) is 0 Å². The van der Waals surface area contributed by atoms with E-state index in [1.807, 2.05) is 6.07 Å². The van der Waals surface area contributed by atoms with Gasteiger partial charge < -0.3 is 23.8 Å². The zero-order chi connectivity index (χ0) is 17.1. The highest BCUT2D eigenvalue weighted by atomic mass is 79.9. The Labute approximate surface area is 144 Å². The maximum absolute atomic E-state index is 12.5. The molecule has 7 heteroatoms. The highest BCUT2D eigenvalue weighted by Crippen LogP contribution is 2.29. The molecule has 0 saturated heterocycles. The van der Waals surface area contributed by atoms with Gasteiger partial charge in [-0.1, -0.05) is 12.1 Å². The van der Waals surface area contributed by atoms with Crippen LogP contribution in [0.15, 0.2) is 62.4 Å². The van der Waals surface area contributed by atoms with Crippen molar-refractivity contribution in [2.24, 2.45) is 0 Å². The first-order valence-corrected chi connectivity index (χ1v) is 7.64. The third kappa shape index (κ3) is 3.41. The van der Waals surface area contributed by atoms with Gasteiger partial charge in [0.05, 0.1) is 15.8 Å². The lowest BCUT2D eigenvalue weighted by Crippen LogP contribution is -2.28. The van der Waals surface area contributed by atoms with Crippen LogP contribution in [-0.2, 0) is 4.79 Å². The van der Waals surface area contributed by atoms with Crippen LogP contribution in [0.4, 0.5) is 0 Å². The van der Waals surface area contributed by atoms with Crippen LogP contribution in [0.2, 0.25) is 0 Å². The van der Waals surface area contributed by atoms with Crippen molar-refractivity contribution in [1.82, 2.24) is 0 Å². The summed E-state index contributed by atoms with van der Waals surface area (Å²) < 4.78 is 16.7. The number of para-hydroxylation sites is 1. The Morgan fingerprint density at radius 1 is 1.17 bits per heavy atom. The van der Waals surface area contributed by atoms with Gasteiger partial charge in [-0.15, -0.1) is 0 Å². The second-order valence-corrected chi connectivity index (χ2v) is 5.63. The molecule has 3 aromatic rings. The number of hydrogen-bond donors (Lipinski definition) is 0. The second-order valence-electron chi connectivity index (χ2n) is 4.78. The molecule has 0 unspecified atom stereocenters. The SMILES string of the molecule is O=C([O-])COc1ccc2c(=O)c(Oc3ccccc3Br)coc2c1. The molecule has 0 amide bonds. The molecule has 122 valence electrons. The number of aliphatic carboxylic acids is 1. The lowest BCUT2D eigenvalue weighted by Gasteiger charge is -2.09. The Morgan fingerprint density at radius 2 is 1.96 bits per heavy atom. The largest absolute Gasteiger partial charge is 0.546 e. The van der Waals surface area contributed by atoms with Crippen LogP contribution in [0, 0.1) is 0 Å². The van der Waals surface area contributed by atoms with Gasteiger partial charge in [0.1, 0.15) is 30.0 Å². The first-order chi connectivity index (χ1) is 11.5. The number of fused-ring (bicyclic) bond motifs is 1. The summed E-state index contributed by atoms with van der Waals surface area (Å²) in [6, 6.07) is 11.5. The molecule has 1 aromatic heterocycles. The topological polar surface area (TPSA) is 88.8 Å². The zero-order valence-electron chi connectivity index (χ0n) is 12.2. The van der Waals surface area contributed by atoms with E-state index in [1.54, 1.807) is 18.2 Å². The van der Waals surface area contributed by atoms with Crippen molar-refractivity contribution >= 4 is 32.9 Å². The Bertz CT molecular complexity index is 963. The zero-order valence-corrected chi connectivity index (χ0v) is 13.7. The van der Waals surface area contributed by atoms with Crippen molar-refractivity contribution in [1.29, 1.82) is 0 Å². The van der Waals surface area contributed by atoms with Crippen LogP contribution in [0.5, 0.6) is 17.2 Å². The van der Waals surface area contributed by atoms with E-state index in [2.05, 4.69) is 15.9 Å². The summed E-state index contributed by atoms with van der Waals surface area (Å²) in [5, 5.41) is 10.7. The normalized spacial score (nSPS) is 10.5. The van der Waals surface area contributed by atoms with Gasteiger partial charge in [0.25, 0.3) is 0 Å². The van der Waals surface area contributed by atoms with Crippen LogP contribution in [0.1, 0.15) is 0 Å². The van der Waals surface area contributed by atoms with E-state index in [1.165, 1.54) is 24.5 Å². The first-order valence-electron chi connectivity index (χ1n) is 6.85. The molecule has 0 bridgehead atoms. The van der Waals surface area contributed by atoms with Crippen molar-refractivity contribution in [3.8, 4) is 17.2 Å². The molecule has 1 heterocycles. The minimum atomic E-state index is -1.34. The quantitative estimate of drug-likeness (QED) is 0.665. The summed E-state index contributed by atoms with van der Waals surface area (Å²) in [4.78, 5) is 22.9. The standard InChI is InChI=1S/C17H11BrO6/c18-12-3-1-2-4-13(12)24-15-8-23-14-7-10(22-9-16(19)20)5-6-11(14)17(15)21/h1-8H,9H2,(H,19,20)/p-1. The highest BCUT2D eigenvalue weighted by molar-refractivity contribution is 9.10. The third-order valence-electron chi connectivity index (χ3n) is 3.13. The van der Waals surface area contributed by atoms with Gasteiger partial charge in [0, 0.05) is 6.07 Å². The molecule has 3 rings (SSSR count). The van der Waals surface area contributed by atoms with Gasteiger partial charge in [-0.05, 0) is 40.2 Å². The molecule has 0 spiro atoms. The fourth-order valence-electron chi connectivity index (χ4n) is 2.04. The Kier molecular flexibility index (Phi) is 4.52. The fraction of sp³-hybridized carbons (Fsp3) is 0.0588. The lowest BCUT2D eigenvalue weighted by molar-refractivity contribution is -0.307. The van der Waals surface area contributed by atoms with Gasteiger partial charge in [0.2, 0.25) is 11.2 Å². The number of halogens is 1. The monoisotopic (exact) mass is 389 g/mol. The third-order valence-corrected chi connectivity index (χ3v) is 3.78. The summed E-state index contributed by atoms with van der Waals surface area (Å²) in [5.74, 6) is -0.557. The molecule has 24 heavy (non-hydrogen) atoms. The van der Waals surface area contributed by atoms with Crippen LogP contribution in [0.25, 0.3) is 11.0 Å². The van der Waals surface area contributed by atoms with Crippen molar-refractivity contribution in [3.63, 3.8) is 0 Å². The number of rotatable bonds is 5. The number of hydrogen-bond acceptors (Lipinski definition) is 6. The summed E-state index contributed by atoms with van der Waals surface area (Å²) in [6.45, 7) is -0.584. The van der Waals surface area contributed by atoms with Gasteiger partial charge in [-0.25, -0.2) is 0 Å². The molecule has 0 fully saturated rings. The van der Waals surface area contributed by atoms with Gasteiger partial charge in [-0.2, -0.15) is 0 Å². The number of carbonyl (C=O) groups excluding carboxylic acids is 1. The first kappa shape index (κ1) is 16.1. The summed E-state index contributed by atoms with van der Waals surface area (Å²) in [7, 11) is 0. The molecule has 0 radical (unpaired) electrons. The average Bonchev–Trinajstić information content (AvgIpc) is 2.57. The van der Waals surface area contributed by atoms with Gasteiger partial charge >= 0.3 is 0 Å². The number of carboxylic acids is 1. The lowest BCUT2D eigenvalue weighted by atomic mass is 10.2. The minimum Gasteiger partial charge on any atom is -0.546 e. The van der Waals surface area contributed by atoms with Crippen molar-refractivity contribution in [2.75, 3.05) is 6.61 Å². The van der Waals surface area contributed by atoms with Crippen molar-refractivity contribution < 1.29 is 23.8 Å². The van der Waals surface area contributed by atoms with E-state index in [0.717, 1.165) is 0 Å². The minimum absolute atomic E-state index is 0.0396. The van der Waals surface area contributed by atoms with E-state index in [4.69, 9.17) is 13.9 Å². The maximum Gasteiger partial charge on any atom is 0.235 e. The number of carbonyl (C=O) groups is 1. The maximum atomic E-state index is 12.5. The van der Waals surface area contributed by atoms with Crippen molar-refractivity contribution in [2.45, 2.75) is 0 Å². The fourth-order valence-corrected chi connectivity index (χ4v) is 2.41. The molecular weight excluding hydrogens is 380 g/mol. The van der Waals surface area contributed by atoms with E-state index < -0.39 is 12.6 Å². The Morgan fingerprint density at radius 3 is 2.71 bits per heavy atom. The molecule has 0 N–H and O–H groups in total. The molecule has 0 atom stereocenters. The van der Waals surface area contributed by atoms with Crippen LogP contribution >= 0.6 is 15.9 Å². The summed E-state index contributed by atoms with van der Waals surface area (Å²) >= 11 is 3.34. The summed E-state index contributed by atoms with van der Waals surface area (Å²) in [5.41, 5.74) is -0.0891. The van der Waals surface area contributed by atoms with Gasteiger partial charge in [0.15, 0.2) is 0 Å². The van der Waals surface area contributed by atoms with Gasteiger partial charge in [-0.3, -0.25) is 4.79 Å². The molecule has 0 saturated carbocycles. The van der Waals surface area contributed by atoms with E-state index in [9.17, 15) is 14.7 Å². The second kappa shape index (κ2) is 6.76. The average molecular weight is 390 g/mol. The highest BCUT2D eigenvalue weighted by Gasteiger charge is 2.11. The van der Waals surface area contributed by atoms with E-state index in [0.29, 0.717) is 15.6 Å².